The van der Waals surface area contributed by atoms with Crippen LogP contribution >= 0.6 is 0 Å². The zero-order valence-corrected chi connectivity index (χ0v) is 16.3. The molecule has 2 aromatic carbocycles. The van der Waals surface area contributed by atoms with Gasteiger partial charge >= 0.3 is 6.09 Å². The van der Waals surface area contributed by atoms with Crippen molar-refractivity contribution in [3.63, 3.8) is 0 Å². The zero-order valence-electron chi connectivity index (χ0n) is 16.3. The summed E-state index contributed by atoms with van der Waals surface area (Å²) in [6.07, 6.45) is 2.56. The van der Waals surface area contributed by atoms with Crippen molar-refractivity contribution in [2.24, 2.45) is 5.92 Å². The number of carbonyl (C=O) groups excluding carboxylic acids is 1. The van der Waals surface area contributed by atoms with Crippen molar-refractivity contribution < 1.29 is 18.7 Å². The predicted octanol–water partition coefficient (Wildman–Crippen LogP) is 4.14. The van der Waals surface area contributed by atoms with E-state index in [0.717, 1.165) is 54.9 Å². The van der Waals surface area contributed by atoms with Crippen molar-refractivity contribution in [2.75, 3.05) is 26.2 Å². The van der Waals surface area contributed by atoms with Crippen molar-refractivity contribution in [2.45, 2.75) is 31.4 Å². The SMILES string of the molecule is O=C(NC1CCOc2cc(-c3cccc(F)c3)ccc21)O[C@H]1CN2CCC1CC2. The first-order valence-electron chi connectivity index (χ1n) is 10.4. The Balaban J connectivity index is 1.28. The average molecular weight is 396 g/mol. The van der Waals surface area contributed by atoms with E-state index in [-0.39, 0.29) is 24.1 Å². The smallest absolute Gasteiger partial charge is 0.407 e. The van der Waals surface area contributed by atoms with E-state index in [1.54, 1.807) is 6.07 Å². The highest BCUT2D eigenvalue weighted by molar-refractivity contribution is 5.70. The first kappa shape index (κ1) is 18.4. The summed E-state index contributed by atoms with van der Waals surface area (Å²) in [5.41, 5.74) is 2.62. The van der Waals surface area contributed by atoms with Crippen LogP contribution in [-0.4, -0.2) is 43.3 Å². The highest BCUT2D eigenvalue weighted by Gasteiger charge is 2.37. The fourth-order valence-corrected chi connectivity index (χ4v) is 4.75. The number of hydrogen-bond acceptors (Lipinski definition) is 4. The van der Waals surface area contributed by atoms with Crippen molar-refractivity contribution in [3.8, 4) is 16.9 Å². The Morgan fingerprint density at radius 1 is 1.10 bits per heavy atom. The Hall–Kier alpha value is -2.60. The van der Waals surface area contributed by atoms with Crippen LogP contribution in [0, 0.1) is 11.7 Å². The largest absolute Gasteiger partial charge is 0.493 e. The Bertz CT molecular complexity index is 911. The van der Waals surface area contributed by atoms with E-state index >= 15 is 0 Å². The minimum Gasteiger partial charge on any atom is -0.493 e. The highest BCUT2D eigenvalue weighted by Crippen LogP contribution is 2.36. The van der Waals surface area contributed by atoms with Gasteiger partial charge in [-0.25, -0.2) is 9.18 Å². The molecule has 2 atom stereocenters. The summed E-state index contributed by atoms with van der Waals surface area (Å²) in [5, 5.41) is 3.03. The molecule has 0 aromatic heterocycles. The van der Waals surface area contributed by atoms with E-state index in [9.17, 15) is 9.18 Å². The minimum atomic E-state index is -0.351. The van der Waals surface area contributed by atoms with Gasteiger partial charge in [-0.2, -0.15) is 0 Å². The van der Waals surface area contributed by atoms with E-state index in [2.05, 4.69) is 10.2 Å². The summed E-state index contributed by atoms with van der Waals surface area (Å²) in [7, 11) is 0. The molecule has 6 heteroatoms. The molecule has 4 aliphatic rings. The van der Waals surface area contributed by atoms with Gasteiger partial charge in [0.1, 0.15) is 17.7 Å². The molecule has 1 N–H and O–H groups in total. The van der Waals surface area contributed by atoms with E-state index in [4.69, 9.17) is 9.47 Å². The Labute approximate surface area is 169 Å². The topological polar surface area (TPSA) is 50.8 Å². The molecule has 0 spiro atoms. The van der Waals surface area contributed by atoms with Crippen molar-refractivity contribution in [3.05, 3.63) is 53.8 Å². The number of alkyl carbamates (subject to hydrolysis) is 1. The van der Waals surface area contributed by atoms with E-state index in [0.29, 0.717) is 18.9 Å². The number of halogens is 1. The number of rotatable bonds is 3. The number of hydrogen-bond donors (Lipinski definition) is 1. The number of fused-ring (bicyclic) bond motifs is 4. The quantitative estimate of drug-likeness (QED) is 0.847. The number of benzene rings is 2. The van der Waals surface area contributed by atoms with Crippen LogP contribution in [0.25, 0.3) is 11.1 Å². The maximum atomic E-state index is 13.6. The maximum Gasteiger partial charge on any atom is 0.407 e. The molecule has 29 heavy (non-hydrogen) atoms. The third-order valence-corrected chi connectivity index (χ3v) is 6.36. The molecule has 152 valence electrons. The van der Waals surface area contributed by atoms with Crippen LogP contribution in [0.15, 0.2) is 42.5 Å². The van der Waals surface area contributed by atoms with Crippen LogP contribution in [0.3, 0.4) is 0 Å². The van der Waals surface area contributed by atoms with E-state index in [1.165, 1.54) is 12.1 Å². The summed E-state index contributed by atoms with van der Waals surface area (Å²) >= 11 is 0. The van der Waals surface area contributed by atoms with Crippen LogP contribution in [0.1, 0.15) is 30.9 Å². The number of carbonyl (C=O) groups is 1. The van der Waals surface area contributed by atoms with Gasteiger partial charge in [-0.1, -0.05) is 24.3 Å². The van der Waals surface area contributed by atoms with Gasteiger partial charge in [-0.15, -0.1) is 0 Å². The molecular formula is C23H25FN2O3. The second-order valence-corrected chi connectivity index (χ2v) is 8.18. The molecule has 3 saturated heterocycles. The predicted molar refractivity (Wildman–Crippen MR) is 107 cm³/mol. The summed E-state index contributed by atoms with van der Waals surface area (Å²) in [6.45, 7) is 3.60. The van der Waals surface area contributed by atoms with Gasteiger partial charge in [-0.3, -0.25) is 4.90 Å². The standard InChI is InChI=1S/C23H25FN2O3/c24-18-3-1-2-16(12-18)17-4-5-19-20(8-11-28-21(19)13-17)25-23(27)29-22-14-26-9-6-15(22)7-10-26/h1-5,12-13,15,20,22H,6-11,14H2,(H,25,27)/t20?,22-/m0/s1. The molecule has 5 nitrogen and oxygen atoms in total. The Morgan fingerprint density at radius 2 is 1.93 bits per heavy atom. The van der Waals surface area contributed by atoms with Gasteiger partial charge in [0.25, 0.3) is 0 Å². The number of nitrogens with zero attached hydrogens (tertiary/aromatic N) is 1. The zero-order chi connectivity index (χ0) is 19.8. The summed E-state index contributed by atoms with van der Waals surface area (Å²) in [6, 6.07) is 12.2. The number of piperidine rings is 3. The molecule has 1 amide bonds. The van der Waals surface area contributed by atoms with Crippen molar-refractivity contribution in [1.82, 2.24) is 10.2 Å². The molecule has 4 aliphatic heterocycles. The lowest BCUT2D eigenvalue weighted by Crippen LogP contribution is -2.52. The number of ether oxygens (including phenoxy) is 2. The monoisotopic (exact) mass is 396 g/mol. The molecule has 2 aromatic rings. The fraction of sp³-hybridized carbons (Fsp3) is 0.435. The van der Waals surface area contributed by atoms with Crippen LogP contribution < -0.4 is 10.1 Å². The van der Waals surface area contributed by atoms with Gasteiger partial charge in [0.2, 0.25) is 0 Å². The fourth-order valence-electron chi connectivity index (χ4n) is 4.75. The molecule has 0 radical (unpaired) electrons. The third kappa shape index (κ3) is 3.81. The molecule has 6 rings (SSSR count). The van der Waals surface area contributed by atoms with Gasteiger partial charge in [0, 0.05) is 18.5 Å². The third-order valence-electron chi connectivity index (χ3n) is 6.36. The number of amides is 1. The Morgan fingerprint density at radius 3 is 2.69 bits per heavy atom. The minimum absolute atomic E-state index is 0.00726. The molecular weight excluding hydrogens is 371 g/mol. The first-order chi connectivity index (χ1) is 14.2. The second kappa shape index (κ2) is 7.67. The number of nitrogens with one attached hydrogen (secondary N) is 1. The van der Waals surface area contributed by atoms with Crippen LogP contribution in [0.2, 0.25) is 0 Å². The highest BCUT2D eigenvalue weighted by atomic mass is 19.1. The normalized spacial score (nSPS) is 27.6. The second-order valence-electron chi connectivity index (χ2n) is 8.18. The van der Waals surface area contributed by atoms with Crippen LogP contribution in [0.5, 0.6) is 5.75 Å². The van der Waals surface area contributed by atoms with Crippen LogP contribution in [0.4, 0.5) is 9.18 Å². The summed E-state index contributed by atoms with van der Waals surface area (Å²) < 4.78 is 25.2. The lowest BCUT2D eigenvalue weighted by Gasteiger charge is -2.44. The Kier molecular flexibility index (Phi) is 4.87. The lowest BCUT2D eigenvalue weighted by atomic mass is 9.86. The molecule has 4 heterocycles. The van der Waals surface area contributed by atoms with Gasteiger partial charge in [0.05, 0.1) is 12.6 Å². The summed E-state index contributed by atoms with van der Waals surface area (Å²) in [4.78, 5) is 14.9. The molecule has 2 bridgehead atoms. The van der Waals surface area contributed by atoms with Crippen LogP contribution in [-0.2, 0) is 4.74 Å². The summed E-state index contributed by atoms with van der Waals surface area (Å²) in [5.74, 6) is 0.948. The van der Waals surface area contributed by atoms with Crippen molar-refractivity contribution >= 4 is 6.09 Å². The molecule has 0 aliphatic carbocycles. The van der Waals surface area contributed by atoms with E-state index < -0.39 is 0 Å². The van der Waals surface area contributed by atoms with Crippen molar-refractivity contribution in [1.29, 1.82) is 0 Å². The van der Waals surface area contributed by atoms with Gasteiger partial charge in [-0.05, 0) is 61.2 Å². The van der Waals surface area contributed by atoms with Gasteiger partial charge in [0.15, 0.2) is 0 Å². The lowest BCUT2D eigenvalue weighted by molar-refractivity contribution is -0.0342. The maximum absolute atomic E-state index is 13.6. The molecule has 3 fully saturated rings. The first-order valence-corrected chi connectivity index (χ1v) is 10.4. The van der Waals surface area contributed by atoms with Gasteiger partial charge < -0.3 is 14.8 Å². The van der Waals surface area contributed by atoms with E-state index in [1.807, 2.05) is 24.3 Å². The average Bonchev–Trinajstić information content (AvgIpc) is 2.74. The molecule has 0 saturated carbocycles. The molecule has 1 unspecified atom stereocenters.